The SMILES string of the molecule is CCOC(=O)CC=Cc1ccc(F)c(C=O)c1F. The van der Waals surface area contributed by atoms with Crippen LogP contribution in [0.4, 0.5) is 8.78 Å². The first kappa shape index (κ1) is 14.0. The Balaban J connectivity index is 2.82. The molecule has 0 unspecified atom stereocenters. The number of carbonyl (C=O) groups excluding carboxylic acids is 2. The molecule has 96 valence electrons. The molecule has 0 aliphatic rings. The summed E-state index contributed by atoms with van der Waals surface area (Å²) >= 11 is 0. The van der Waals surface area contributed by atoms with E-state index in [4.69, 9.17) is 0 Å². The Morgan fingerprint density at radius 1 is 1.39 bits per heavy atom. The molecule has 1 aromatic rings. The molecule has 0 N–H and O–H groups in total. The third-order valence-electron chi connectivity index (χ3n) is 2.16. The summed E-state index contributed by atoms with van der Waals surface area (Å²) in [5, 5.41) is 0. The van der Waals surface area contributed by atoms with Crippen LogP contribution in [0.3, 0.4) is 0 Å². The number of ether oxygens (including phenoxy) is 1. The third-order valence-corrected chi connectivity index (χ3v) is 2.16. The summed E-state index contributed by atoms with van der Waals surface area (Å²) in [7, 11) is 0. The molecule has 0 saturated carbocycles. The van der Waals surface area contributed by atoms with Crippen LogP contribution in [0.1, 0.15) is 29.3 Å². The highest BCUT2D eigenvalue weighted by atomic mass is 19.1. The second-order valence-corrected chi connectivity index (χ2v) is 3.39. The zero-order valence-corrected chi connectivity index (χ0v) is 9.78. The van der Waals surface area contributed by atoms with Gasteiger partial charge in [-0.2, -0.15) is 0 Å². The quantitative estimate of drug-likeness (QED) is 0.599. The topological polar surface area (TPSA) is 43.4 Å². The van der Waals surface area contributed by atoms with Crippen molar-refractivity contribution in [1.29, 1.82) is 0 Å². The van der Waals surface area contributed by atoms with Gasteiger partial charge in [-0.15, -0.1) is 0 Å². The first-order valence-corrected chi connectivity index (χ1v) is 5.35. The van der Waals surface area contributed by atoms with E-state index in [0.717, 1.165) is 6.07 Å². The standard InChI is InChI=1S/C13H12F2O3/c1-2-18-12(17)5-3-4-9-6-7-11(14)10(8-16)13(9)15/h3-4,6-8H,2,5H2,1H3. The lowest BCUT2D eigenvalue weighted by atomic mass is 10.1. The van der Waals surface area contributed by atoms with E-state index in [2.05, 4.69) is 4.74 Å². The molecule has 0 saturated heterocycles. The Hall–Kier alpha value is -2.04. The lowest BCUT2D eigenvalue weighted by Crippen LogP contribution is -2.01. The minimum Gasteiger partial charge on any atom is -0.466 e. The van der Waals surface area contributed by atoms with Crippen LogP contribution in [-0.2, 0) is 9.53 Å². The van der Waals surface area contributed by atoms with Gasteiger partial charge in [0.25, 0.3) is 0 Å². The van der Waals surface area contributed by atoms with Gasteiger partial charge < -0.3 is 4.74 Å². The summed E-state index contributed by atoms with van der Waals surface area (Å²) in [5.74, 6) is -2.29. The summed E-state index contributed by atoms with van der Waals surface area (Å²) < 4.78 is 31.3. The van der Waals surface area contributed by atoms with Gasteiger partial charge in [0.2, 0.25) is 0 Å². The Labute approximate surface area is 103 Å². The van der Waals surface area contributed by atoms with Crippen molar-refractivity contribution in [2.45, 2.75) is 13.3 Å². The smallest absolute Gasteiger partial charge is 0.309 e. The highest BCUT2D eigenvalue weighted by Crippen LogP contribution is 2.16. The van der Waals surface area contributed by atoms with E-state index in [1.54, 1.807) is 6.92 Å². The molecule has 0 spiro atoms. The highest BCUT2D eigenvalue weighted by Gasteiger charge is 2.10. The van der Waals surface area contributed by atoms with Gasteiger partial charge in [-0.05, 0) is 19.1 Å². The summed E-state index contributed by atoms with van der Waals surface area (Å²) in [6, 6.07) is 2.19. The van der Waals surface area contributed by atoms with Gasteiger partial charge in [0.1, 0.15) is 11.6 Å². The summed E-state index contributed by atoms with van der Waals surface area (Å²) in [5.41, 5.74) is -0.573. The maximum atomic E-state index is 13.6. The summed E-state index contributed by atoms with van der Waals surface area (Å²) in [6.07, 6.45) is 2.80. The van der Waals surface area contributed by atoms with Crippen LogP contribution in [0.2, 0.25) is 0 Å². The number of hydrogen-bond acceptors (Lipinski definition) is 3. The van der Waals surface area contributed by atoms with Gasteiger partial charge in [-0.1, -0.05) is 12.2 Å². The average molecular weight is 254 g/mol. The van der Waals surface area contributed by atoms with Crippen LogP contribution in [0, 0.1) is 11.6 Å². The van der Waals surface area contributed by atoms with Crippen molar-refractivity contribution in [1.82, 2.24) is 0 Å². The van der Waals surface area contributed by atoms with Gasteiger partial charge in [0, 0.05) is 5.56 Å². The molecular weight excluding hydrogens is 242 g/mol. The minimum absolute atomic E-state index is 0.0128. The Morgan fingerprint density at radius 2 is 2.11 bits per heavy atom. The molecule has 0 heterocycles. The monoisotopic (exact) mass is 254 g/mol. The molecule has 1 aromatic carbocycles. The van der Waals surface area contributed by atoms with Crippen molar-refractivity contribution in [3.8, 4) is 0 Å². The molecule has 0 bridgehead atoms. The third kappa shape index (κ3) is 3.48. The van der Waals surface area contributed by atoms with E-state index < -0.39 is 23.2 Å². The fourth-order valence-electron chi connectivity index (χ4n) is 1.33. The molecule has 1 rings (SSSR count). The van der Waals surface area contributed by atoms with E-state index in [1.165, 1.54) is 18.2 Å². The molecule has 18 heavy (non-hydrogen) atoms. The fraction of sp³-hybridized carbons (Fsp3) is 0.231. The summed E-state index contributed by atoms with van der Waals surface area (Å²) in [6.45, 7) is 1.95. The predicted octanol–water partition coefficient (Wildman–Crippen LogP) is 2.74. The van der Waals surface area contributed by atoms with Crippen LogP contribution >= 0.6 is 0 Å². The maximum absolute atomic E-state index is 13.6. The first-order valence-electron chi connectivity index (χ1n) is 5.35. The molecule has 0 aliphatic heterocycles. The lowest BCUT2D eigenvalue weighted by Gasteiger charge is -2.01. The van der Waals surface area contributed by atoms with Crippen molar-refractivity contribution in [3.63, 3.8) is 0 Å². The van der Waals surface area contributed by atoms with Crippen molar-refractivity contribution >= 4 is 18.3 Å². The van der Waals surface area contributed by atoms with Gasteiger partial charge in [0.15, 0.2) is 6.29 Å². The molecular formula is C13H12F2O3. The van der Waals surface area contributed by atoms with Crippen molar-refractivity contribution < 1.29 is 23.1 Å². The van der Waals surface area contributed by atoms with E-state index >= 15 is 0 Å². The Kier molecular flexibility index (Phi) is 5.17. The van der Waals surface area contributed by atoms with Crippen LogP contribution in [0.5, 0.6) is 0 Å². The second-order valence-electron chi connectivity index (χ2n) is 3.39. The Bertz CT molecular complexity index is 481. The summed E-state index contributed by atoms with van der Waals surface area (Å²) in [4.78, 5) is 21.5. The van der Waals surface area contributed by atoms with Crippen LogP contribution in [0.15, 0.2) is 18.2 Å². The second kappa shape index (κ2) is 6.64. The minimum atomic E-state index is -0.940. The van der Waals surface area contributed by atoms with Crippen molar-refractivity contribution in [3.05, 3.63) is 41.0 Å². The normalized spacial score (nSPS) is 10.6. The number of benzene rings is 1. The number of carbonyl (C=O) groups is 2. The van der Waals surface area contributed by atoms with E-state index in [0.29, 0.717) is 0 Å². The largest absolute Gasteiger partial charge is 0.466 e. The number of halogens is 2. The van der Waals surface area contributed by atoms with Crippen molar-refractivity contribution in [2.75, 3.05) is 6.61 Å². The van der Waals surface area contributed by atoms with Crippen molar-refractivity contribution in [2.24, 2.45) is 0 Å². The number of rotatable bonds is 5. The Morgan fingerprint density at radius 3 is 2.72 bits per heavy atom. The molecule has 0 aliphatic carbocycles. The molecule has 0 amide bonds. The molecule has 0 fully saturated rings. The molecule has 5 heteroatoms. The number of hydrogen-bond donors (Lipinski definition) is 0. The van der Waals surface area contributed by atoms with Crippen LogP contribution in [0.25, 0.3) is 6.08 Å². The molecule has 0 atom stereocenters. The molecule has 3 nitrogen and oxygen atoms in total. The first-order chi connectivity index (χ1) is 8.60. The van der Waals surface area contributed by atoms with Crippen LogP contribution < -0.4 is 0 Å². The zero-order valence-electron chi connectivity index (χ0n) is 9.78. The molecule has 0 radical (unpaired) electrons. The zero-order chi connectivity index (χ0) is 13.5. The maximum Gasteiger partial charge on any atom is 0.309 e. The molecule has 0 aromatic heterocycles. The lowest BCUT2D eigenvalue weighted by molar-refractivity contribution is -0.142. The van der Waals surface area contributed by atoms with Gasteiger partial charge in [-0.25, -0.2) is 8.78 Å². The number of esters is 1. The fourth-order valence-corrected chi connectivity index (χ4v) is 1.33. The highest BCUT2D eigenvalue weighted by molar-refractivity contribution is 5.78. The van der Waals surface area contributed by atoms with Crippen LogP contribution in [-0.4, -0.2) is 18.9 Å². The van der Waals surface area contributed by atoms with Gasteiger partial charge in [0.05, 0.1) is 18.6 Å². The van der Waals surface area contributed by atoms with Gasteiger partial charge >= 0.3 is 5.97 Å². The predicted molar refractivity (Wildman–Crippen MR) is 62.0 cm³/mol. The average Bonchev–Trinajstić information content (AvgIpc) is 2.33. The van der Waals surface area contributed by atoms with E-state index in [9.17, 15) is 18.4 Å². The van der Waals surface area contributed by atoms with Gasteiger partial charge in [-0.3, -0.25) is 9.59 Å². The van der Waals surface area contributed by atoms with E-state index in [1.807, 2.05) is 0 Å². The van der Waals surface area contributed by atoms with E-state index in [-0.39, 0.29) is 24.9 Å². The number of aldehydes is 1.